The summed E-state index contributed by atoms with van der Waals surface area (Å²) >= 11 is 0. The normalized spacial score (nSPS) is 16.4. The average molecular weight is 260 g/mol. The van der Waals surface area contributed by atoms with Gasteiger partial charge < -0.3 is 9.80 Å². The molecule has 0 aliphatic carbocycles. The van der Waals surface area contributed by atoms with Crippen LogP contribution >= 0.6 is 0 Å². The highest BCUT2D eigenvalue weighted by atomic mass is 16.2. The Balaban J connectivity index is 2.18. The maximum absolute atomic E-state index is 12.0. The molecule has 0 atom stereocenters. The SMILES string of the molecule is CCN1CCN(c2ccc(C(C)C)cc2)C(=O)C1=O. The van der Waals surface area contributed by atoms with Crippen molar-refractivity contribution in [3.8, 4) is 0 Å². The van der Waals surface area contributed by atoms with E-state index in [0.717, 1.165) is 5.69 Å². The average Bonchev–Trinajstić information content (AvgIpc) is 2.42. The van der Waals surface area contributed by atoms with Gasteiger partial charge in [-0.3, -0.25) is 9.59 Å². The molecular weight excluding hydrogens is 240 g/mol. The zero-order chi connectivity index (χ0) is 14.0. The van der Waals surface area contributed by atoms with E-state index in [2.05, 4.69) is 13.8 Å². The van der Waals surface area contributed by atoms with Crippen LogP contribution in [0.15, 0.2) is 24.3 Å². The summed E-state index contributed by atoms with van der Waals surface area (Å²) in [5.74, 6) is -0.365. The van der Waals surface area contributed by atoms with Crippen LogP contribution in [-0.4, -0.2) is 36.3 Å². The van der Waals surface area contributed by atoms with E-state index < -0.39 is 11.8 Å². The third-order valence-corrected chi connectivity index (χ3v) is 3.56. The lowest BCUT2D eigenvalue weighted by Crippen LogP contribution is -2.54. The highest BCUT2D eigenvalue weighted by molar-refractivity contribution is 6.40. The van der Waals surface area contributed by atoms with E-state index in [-0.39, 0.29) is 0 Å². The van der Waals surface area contributed by atoms with Crippen molar-refractivity contribution in [2.24, 2.45) is 0 Å². The van der Waals surface area contributed by atoms with Crippen LogP contribution in [-0.2, 0) is 9.59 Å². The molecule has 1 saturated heterocycles. The maximum atomic E-state index is 12.0. The Bertz CT molecular complexity index is 479. The number of likely N-dealkylation sites (N-methyl/N-ethyl adjacent to an activating group) is 1. The Morgan fingerprint density at radius 2 is 1.68 bits per heavy atom. The van der Waals surface area contributed by atoms with Gasteiger partial charge in [0.1, 0.15) is 0 Å². The number of benzene rings is 1. The molecule has 2 rings (SSSR count). The Labute approximate surface area is 114 Å². The van der Waals surface area contributed by atoms with Gasteiger partial charge in [0.15, 0.2) is 0 Å². The molecule has 2 amide bonds. The lowest BCUT2D eigenvalue weighted by molar-refractivity contribution is -0.146. The molecule has 1 aromatic carbocycles. The third kappa shape index (κ3) is 2.62. The van der Waals surface area contributed by atoms with Crippen LogP contribution in [0, 0.1) is 0 Å². The zero-order valence-electron chi connectivity index (χ0n) is 11.7. The molecule has 0 unspecified atom stereocenters. The van der Waals surface area contributed by atoms with Crippen LogP contribution in [0.2, 0.25) is 0 Å². The van der Waals surface area contributed by atoms with E-state index in [1.165, 1.54) is 5.56 Å². The summed E-state index contributed by atoms with van der Waals surface area (Å²) in [7, 11) is 0. The van der Waals surface area contributed by atoms with Crippen molar-refractivity contribution in [3.63, 3.8) is 0 Å². The quantitative estimate of drug-likeness (QED) is 0.780. The second-order valence-corrected chi connectivity index (χ2v) is 5.09. The zero-order valence-corrected chi connectivity index (χ0v) is 11.7. The molecule has 1 aromatic rings. The van der Waals surface area contributed by atoms with E-state index in [9.17, 15) is 9.59 Å². The molecule has 1 aliphatic heterocycles. The van der Waals surface area contributed by atoms with E-state index in [0.29, 0.717) is 25.6 Å². The number of hydrogen-bond acceptors (Lipinski definition) is 2. The summed E-state index contributed by atoms with van der Waals surface area (Å²) in [6.07, 6.45) is 0. The standard InChI is InChI=1S/C15H20N2O2/c1-4-16-9-10-17(15(19)14(16)18)13-7-5-12(6-8-13)11(2)3/h5-8,11H,4,9-10H2,1-3H3. The van der Waals surface area contributed by atoms with Crippen LogP contribution in [0.5, 0.6) is 0 Å². The first-order valence-electron chi connectivity index (χ1n) is 6.75. The Morgan fingerprint density at radius 1 is 1.05 bits per heavy atom. The topological polar surface area (TPSA) is 40.6 Å². The Hall–Kier alpha value is -1.84. The van der Waals surface area contributed by atoms with Crippen molar-refractivity contribution in [2.45, 2.75) is 26.7 Å². The van der Waals surface area contributed by atoms with Gasteiger partial charge in [0.25, 0.3) is 0 Å². The fourth-order valence-corrected chi connectivity index (χ4v) is 2.26. The molecule has 0 spiro atoms. The second-order valence-electron chi connectivity index (χ2n) is 5.09. The number of carbonyl (C=O) groups is 2. The molecular formula is C15H20N2O2. The molecule has 0 radical (unpaired) electrons. The number of amides is 2. The number of nitrogens with zero attached hydrogens (tertiary/aromatic N) is 2. The van der Waals surface area contributed by atoms with E-state index in [1.807, 2.05) is 31.2 Å². The highest BCUT2D eigenvalue weighted by Gasteiger charge is 2.32. The molecule has 19 heavy (non-hydrogen) atoms. The molecule has 0 aromatic heterocycles. The van der Waals surface area contributed by atoms with Crippen molar-refractivity contribution in [2.75, 3.05) is 24.5 Å². The first-order valence-corrected chi connectivity index (χ1v) is 6.75. The first-order chi connectivity index (χ1) is 9.04. The summed E-state index contributed by atoms with van der Waals surface area (Å²) < 4.78 is 0. The predicted octanol–water partition coefficient (Wildman–Crippen LogP) is 2.01. The number of carbonyl (C=O) groups excluding carboxylic acids is 2. The smallest absolute Gasteiger partial charge is 0.316 e. The van der Waals surface area contributed by atoms with Crippen LogP contribution < -0.4 is 4.90 Å². The van der Waals surface area contributed by atoms with Crippen LogP contribution in [0.1, 0.15) is 32.3 Å². The van der Waals surface area contributed by atoms with Gasteiger partial charge in [0.05, 0.1) is 0 Å². The fourth-order valence-electron chi connectivity index (χ4n) is 2.26. The summed E-state index contributed by atoms with van der Waals surface area (Å²) in [6.45, 7) is 7.91. The molecule has 1 aliphatic rings. The van der Waals surface area contributed by atoms with Crippen LogP contribution in [0.3, 0.4) is 0 Å². The Morgan fingerprint density at radius 3 is 2.21 bits per heavy atom. The number of anilines is 1. The molecule has 4 heteroatoms. The lowest BCUT2D eigenvalue weighted by Gasteiger charge is -2.33. The van der Waals surface area contributed by atoms with Crippen LogP contribution in [0.4, 0.5) is 5.69 Å². The molecule has 0 bridgehead atoms. The predicted molar refractivity (Wildman–Crippen MR) is 75.1 cm³/mol. The number of piperazine rings is 1. The number of hydrogen-bond donors (Lipinski definition) is 0. The van der Waals surface area contributed by atoms with Gasteiger partial charge >= 0.3 is 11.8 Å². The second kappa shape index (κ2) is 5.43. The minimum atomic E-state index is -0.426. The van der Waals surface area contributed by atoms with Gasteiger partial charge in [0.2, 0.25) is 0 Å². The third-order valence-electron chi connectivity index (χ3n) is 3.56. The first kappa shape index (κ1) is 13.6. The van der Waals surface area contributed by atoms with Crippen molar-refractivity contribution < 1.29 is 9.59 Å². The van der Waals surface area contributed by atoms with Gasteiger partial charge in [-0.25, -0.2) is 0 Å². The van der Waals surface area contributed by atoms with Crippen LogP contribution in [0.25, 0.3) is 0 Å². The molecule has 1 heterocycles. The van der Waals surface area contributed by atoms with Gasteiger partial charge in [-0.05, 0) is 30.5 Å². The summed E-state index contributed by atoms with van der Waals surface area (Å²) in [5.41, 5.74) is 2.04. The minimum Gasteiger partial charge on any atom is -0.333 e. The van der Waals surface area contributed by atoms with Gasteiger partial charge in [-0.1, -0.05) is 26.0 Å². The molecule has 0 saturated carbocycles. The summed E-state index contributed by atoms with van der Waals surface area (Å²) in [6, 6.07) is 7.87. The van der Waals surface area contributed by atoms with Crippen molar-refractivity contribution in [3.05, 3.63) is 29.8 Å². The highest BCUT2D eigenvalue weighted by Crippen LogP contribution is 2.21. The van der Waals surface area contributed by atoms with E-state index >= 15 is 0 Å². The lowest BCUT2D eigenvalue weighted by atomic mass is 10.0. The van der Waals surface area contributed by atoms with Crippen molar-refractivity contribution >= 4 is 17.5 Å². The van der Waals surface area contributed by atoms with E-state index in [1.54, 1.807) is 9.80 Å². The van der Waals surface area contributed by atoms with Crippen molar-refractivity contribution in [1.29, 1.82) is 0 Å². The largest absolute Gasteiger partial charge is 0.333 e. The summed E-state index contributed by atoms with van der Waals surface area (Å²) in [4.78, 5) is 27.1. The maximum Gasteiger partial charge on any atom is 0.316 e. The van der Waals surface area contributed by atoms with Gasteiger partial charge in [-0.2, -0.15) is 0 Å². The fraction of sp³-hybridized carbons (Fsp3) is 0.467. The molecule has 4 nitrogen and oxygen atoms in total. The Kier molecular flexibility index (Phi) is 3.88. The molecule has 1 fully saturated rings. The van der Waals surface area contributed by atoms with Crippen molar-refractivity contribution in [1.82, 2.24) is 4.90 Å². The van der Waals surface area contributed by atoms with E-state index in [4.69, 9.17) is 0 Å². The molecule has 0 N–H and O–H groups in total. The monoisotopic (exact) mass is 260 g/mol. The summed E-state index contributed by atoms with van der Waals surface area (Å²) in [5, 5.41) is 0. The minimum absolute atomic E-state index is 0.401. The molecule has 102 valence electrons. The van der Waals surface area contributed by atoms with Gasteiger partial charge in [0, 0.05) is 25.3 Å². The number of rotatable bonds is 3. The van der Waals surface area contributed by atoms with Gasteiger partial charge in [-0.15, -0.1) is 0 Å².